The van der Waals surface area contributed by atoms with Gasteiger partial charge in [0.15, 0.2) is 0 Å². The van der Waals surface area contributed by atoms with Gasteiger partial charge in [0.05, 0.1) is 0 Å². The van der Waals surface area contributed by atoms with Crippen molar-refractivity contribution in [2.75, 3.05) is 6.54 Å². The summed E-state index contributed by atoms with van der Waals surface area (Å²) in [6.45, 7) is 7.46. The second-order valence-electron chi connectivity index (χ2n) is 3.22. The van der Waals surface area contributed by atoms with Gasteiger partial charge >= 0.3 is 0 Å². The molecule has 0 unspecified atom stereocenters. The van der Waals surface area contributed by atoms with E-state index in [1.165, 1.54) is 6.07 Å². The van der Waals surface area contributed by atoms with Crippen LogP contribution in [0, 0.1) is 5.82 Å². The minimum atomic E-state index is -0.191. The van der Waals surface area contributed by atoms with Crippen molar-refractivity contribution < 1.29 is 4.39 Å². The summed E-state index contributed by atoms with van der Waals surface area (Å²) in [6.07, 6.45) is 2.83. The van der Waals surface area contributed by atoms with Crippen molar-refractivity contribution in [1.82, 2.24) is 5.32 Å². The molecule has 0 atom stereocenters. The van der Waals surface area contributed by atoms with E-state index in [-0.39, 0.29) is 5.82 Å². The molecule has 0 aliphatic carbocycles. The Morgan fingerprint density at radius 2 is 2.29 bits per heavy atom. The lowest BCUT2D eigenvalue weighted by molar-refractivity contribution is 0.619. The van der Waals surface area contributed by atoms with Crippen LogP contribution in [0.1, 0.15) is 24.5 Å². The summed E-state index contributed by atoms with van der Waals surface area (Å²) in [7, 11) is 0. The summed E-state index contributed by atoms with van der Waals surface area (Å²) in [5.74, 6) is -0.191. The van der Waals surface area contributed by atoms with Crippen LogP contribution in [-0.4, -0.2) is 6.54 Å². The molecule has 0 saturated heterocycles. The molecule has 0 aliphatic rings. The highest BCUT2D eigenvalue weighted by Crippen LogP contribution is 2.12. The molecule has 1 nitrogen and oxygen atoms in total. The predicted octanol–water partition coefficient (Wildman–Crippen LogP) is 2.97. The number of nitrogens with one attached hydrogen (secondary N) is 1. The van der Waals surface area contributed by atoms with E-state index in [9.17, 15) is 4.39 Å². The average Bonchev–Trinajstić information content (AvgIpc) is 2.19. The highest BCUT2D eigenvalue weighted by Gasteiger charge is 2.00. The van der Waals surface area contributed by atoms with Gasteiger partial charge in [0, 0.05) is 6.54 Å². The number of hydrogen-bond acceptors (Lipinski definition) is 1. The fourth-order valence-corrected chi connectivity index (χ4v) is 1.33. The minimum Gasteiger partial charge on any atom is -0.313 e. The number of rotatable bonds is 5. The summed E-state index contributed by atoms with van der Waals surface area (Å²) in [6, 6.07) is 4.77. The number of benzene rings is 1. The van der Waals surface area contributed by atoms with Gasteiger partial charge in [0.25, 0.3) is 0 Å². The lowest BCUT2D eigenvalue weighted by Crippen LogP contribution is -2.14. The SMILES string of the molecule is C=Cc1ccc(F)cc1CNCCC. The van der Waals surface area contributed by atoms with E-state index in [1.807, 2.05) is 0 Å². The monoisotopic (exact) mass is 193 g/mol. The van der Waals surface area contributed by atoms with Gasteiger partial charge in [-0.3, -0.25) is 0 Å². The first-order valence-electron chi connectivity index (χ1n) is 4.89. The zero-order valence-corrected chi connectivity index (χ0v) is 8.52. The third-order valence-electron chi connectivity index (χ3n) is 2.07. The van der Waals surface area contributed by atoms with E-state index in [1.54, 1.807) is 18.2 Å². The third kappa shape index (κ3) is 2.96. The van der Waals surface area contributed by atoms with Crippen LogP contribution in [0.25, 0.3) is 6.08 Å². The molecule has 0 spiro atoms. The fourth-order valence-electron chi connectivity index (χ4n) is 1.33. The summed E-state index contributed by atoms with van der Waals surface area (Å²) >= 11 is 0. The van der Waals surface area contributed by atoms with E-state index in [2.05, 4.69) is 18.8 Å². The molecular weight excluding hydrogens is 177 g/mol. The lowest BCUT2D eigenvalue weighted by atomic mass is 10.1. The molecule has 2 heteroatoms. The lowest BCUT2D eigenvalue weighted by Gasteiger charge is -2.07. The average molecular weight is 193 g/mol. The van der Waals surface area contributed by atoms with E-state index >= 15 is 0 Å². The normalized spacial score (nSPS) is 10.1. The van der Waals surface area contributed by atoms with Crippen molar-refractivity contribution in [2.45, 2.75) is 19.9 Å². The zero-order chi connectivity index (χ0) is 10.4. The molecule has 0 aliphatic heterocycles. The van der Waals surface area contributed by atoms with Gasteiger partial charge in [-0.1, -0.05) is 25.6 Å². The van der Waals surface area contributed by atoms with Gasteiger partial charge in [0.2, 0.25) is 0 Å². The molecule has 1 aromatic carbocycles. The maximum absolute atomic E-state index is 12.9. The molecule has 1 aromatic rings. The Kier molecular flexibility index (Phi) is 4.33. The molecule has 0 aromatic heterocycles. The molecular formula is C12H16FN. The fraction of sp³-hybridized carbons (Fsp3) is 0.333. The van der Waals surface area contributed by atoms with Crippen LogP contribution in [0.3, 0.4) is 0 Å². The molecule has 0 saturated carbocycles. The Morgan fingerprint density at radius 3 is 2.93 bits per heavy atom. The van der Waals surface area contributed by atoms with E-state index in [0.717, 1.165) is 24.1 Å². The van der Waals surface area contributed by atoms with Crippen LogP contribution in [0.5, 0.6) is 0 Å². The quantitative estimate of drug-likeness (QED) is 0.709. The second kappa shape index (κ2) is 5.55. The molecule has 1 N–H and O–H groups in total. The Bertz CT molecular complexity index is 307. The Morgan fingerprint density at radius 1 is 1.50 bits per heavy atom. The van der Waals surface area contributed by atoms with Crippen LogP contribution in [0.4, 0.5) is 4.39 Å². The first-order chi connectivity index (χ1) is 6.77. The molecule has 0 radical (unpaired) electrons. The maximum atomic E-state index is 12.9. The topological polar surface area (TPSA) is 12.0 Å². The molecule has 0 bridgehead atoms. The predicted molar refractivity (Wildman–Crippen MR) is 58.5 cm³/mol. The summed E-state index contributed by atoms with van der Waals surface area (Å²) < 4.78 is 12.9. The smallest absolute Gasteiger partial charge is 0.123 e. The van der Waals surface area contributed by atoms with Gasteiger partial charge < -0.3 is 5.32 Å². The van der Waals surface area contributed by atoms with E-state index < -0.39 is 0 Å². The van der Waals surface area contributed by atoms with Crippen LogP contribution in [0.15, 0.2) is 24.8 Å². The zero-order valence-electron chi connectivity index (χ0n) is 8.52. The van der Waals surface area contributed by atoms with Crippen molar-refractivity contribution in [3.05, 3.63) is 41.7 Å². The van der Waals surface area contributed by atoms with E-state index in [4.69, 9.17) is 0 Å². The van der Waals surface area contributed by atoms with Crippen molar-refractivity contribution in [3.63, 3.8) is 0 Å². The summed E-state index contributed by atoms with van der Waals surface area (Å²) in [5, 5.41) is 3.24. The van der Waals surface area contributed by atoms with Crippen LogP contribution >= 0.6 is 0 Å². The van der Waals surface area contributed by atoms with Gasteiger partial charge in [-0.25, -0.2) is 4.39 Å². The number of hydrogen-bond donors (Lipinski definition) is 1. The van der Waals surface area contributed by atoms with Gasteiger partial charge in [0.1, 0.15) is 5.82 Å². The van der Waals surface area contributed by atoms with E-state index in [0.29, 0.717) is 6.54 Å². The Balaban J connectivity index is 2.72. The largest absolute Gasteiger partial charge is 0.313 e. The van der Waals surface area contributed by atoms with Crippen molar-refractivity contribution in [1.29, 1.82) is 0 Å². The standard InChI is InChI=1S/C12H16FN/c1-3-7-14-9-11-8-12(13)6-5-10(11)4-2/h4-6,8,14H,2-3,7,9H2,1H3. The van der Waals surface area contributed by atoms with Gasteiger partial charge in [-0.2, -0.15) is 0 Å². The summed E-state index contributed by atoms with van der Waals surface area (Å²) in [5.41, 5.74) is 1.96. The summed E-state index contributed by atoms with van der Waals surface area (Å²) in [4.78, 5) is 0. The molecule has 76 valence electrons. The van der Waals surface area contributed by atoms with Crippen molar-refractivity contribution in [2.24, 2.45) is 0 Å². The van der Waals surface area contributed by atoms with Crippen LogP contribution in [-0.2, 0) is 6.54 Å². The minimum absolute atomic E-state index is 0.191. The molecule has 14 heavy (non-hydrogen) atoms. The Labute approximate surface area is 84.6 Å². The van der Waals surface area contributed by atoms with Crippen LogP contribution < -0.4 is 5.32 Å². The first-order valence-corrected chi connectivity index (χ1v) is 4.89. The van der Waals surface area contributed by atoms with Gasteiger partial charge in [-0.15, -0.1) is 0 Å². The van der Waals surface area contributed by atoms with Crippen molar-refractivity contribution in [3.8, 4) is 0 Å². The van der Waals surface area contributed by atoms with Crippen molar-refractivity contribution >= 4 is 6.08 Å². The molecule has 0 heterocycles. The molecule has 0 amide bonds. The highest BCUT2D eigenvalue weighted by molar-refractivity contribution is 5.51. The van der Waals surface area contributed by atoms with Gasteiger partial charge in [-0.05, 0) is 36.2 Å². The molecule has 0 fully saturated rings. The molecule has 1 rings (SSSR count). The van der Waals surface area contributed by atoms with Crippen LogP contribution in [0.2, 0.25) is 0 Å². The Hall–Kier alpha value is -1.15. The first kappa shape index (κ1) is 10.9. The number of halogens is 1. The third-order valence-corrected chi connectivity index (χ3v) is 2.07. The highest BCUT2D eigenvalue weighted by atomic mass is 19.1. The maximum Gasteiger partial charge on any atom is 0.123 e. The second-order valence-corrected chi connectivity index (χ2v) is 3.22.